The van der Waals surface area contributed by atoms with Crippen LogP contribution in [0, 0.1) is 0 Å². The quantitative estimate of drug-likeness (QED) is 0.835. The lowest BCUT2D eigenvalue weighted by Gasteiger charge is -2.25. The van der Waals surface area contributed by atoms with Gasteiger partial charge in [-0.05, 0) is 24.0 Å². The van der Waals surface area contributed by atoms with Gasteiger partial charge in [0.1, 0.15) is 0 Å². The molecule has 0 saturated heterocycles. The fourth-order valence-electron chi connectivity index (χ4n) is 2.08. The molecule has 0 amide bonds. The highest BCUT2D eigenvalue weighted by Gasteiger charge is 2.24. The largest absolute Gasteiger partial charge is 0.392 e. The lowest BCUT2D eigenvalue weighted by molar-refractivity contribution is 0.282. The highest BCUT2D eigenvalue weighted by molar-refractivity contribution is 7.88. The van der Waals surface area contributed by atoms with Gasteiger partial charge in [0, 0.05) is 13.1 Å². The minimum absolute atomic E-state index is 0.00566. The molecule has 1 N–H and O–H groups in total. The molecular weight excluding hydrogens is 262 g/mol. The molecule has 0 unspecified atom stereocenters. The molecule has 0 bridgehead atoms. The molecule has 1 rings (SSSR count). The van der Waals surface area contributed by atoms with E-state index in [9.17, 15) is 8.42 Å². The van der Waals surface area contributed by atoms with Gasteiger partial charge in [-0.25, -0.2) is 12.7 Å². The maximum Gasteiger partial charge on any atom is 0.218 e. The van der Waals surface area contributed by atoms with Crippen LogP contribution in [0.15, 0.2) is 24.3 Å². The lowest BCUT2D eigenvalue weighted by Crippen LogP contribution is -2.37. The Morgan fingerprint density at radius 1 is 1.11 bits per heavy atom. The molecule has 0 aliphatic heterocycles. The van der Waals surface area contributed by atoms with Gasteiger partial charge in [-0.2, -0.15) is 0 Å². The van der Waals surface area contributed by atoms with Gasteiger partial charge in [0.2, 0.25) is 10.0 Å². The average Bonchev–Trinajstić information content (AvgIpc) is 2.40. The van der Waals surface area contributed by atoms with Gasteiger partial charge in [-0.15, -0.1) is 0 Å². The van der Waals surface area contributed by atoms with E-state index in [1.54, 1.807) is 31.3 Å². The molecule has 1 aromatic rings. The molecule has 5 heteroatoms. The van der Waals surface area contributed by atoms with Crippen molar-refractivity contribution in [3.63, 3.8) is 0 Å². The molecule has 0 aliphatic rings. The van der Waals surface area contributed by atoms with E-state index in [-0.39, 0.29) is 18.4 Å². The maximum absolute atomic E-state index is 12.3. The molecule has 0 aromatic heterocycles. The van der Waals surface area contributed by atoms with Crippen molar-refractivity contribution in [2.45, 2.75) is 45.1 Å². The van der Waals surface area contributed by atoms with E-state index in [1.807, 2.05) is 13.8 Å². The molecule has 0 atom stereocenters. The van der Waals surface area contributed by atoms with E-state index in [0.717, 1.165) is 24.0 Å². The van der Waals surface area contributed by atoms with Crippen molar-refractivity contribution < 1.29 is 13.5 Å². The monoisotopic (exact) mass is 285 g/mol. The smallest absolute Gasteiger partial charge is 0.218 e. The predicted octanol–water partition coefficient (Wildman–Crippen LogP) is 2.13. The number of sulfonamides is 1. The standard InChI is InChI=1S/C14H23NO3S/c1-4-14(5-2)15(3)19(17,18)11-13-8-6-12(10-16)7-9-13/h6-9,14,16H,4-5,10-11H2,1-3H3. The summed E-state index contributed by atoms with van der Waals surface area (Å²) in [6.45, 7) is 3.97. The molecule has 4 nitrogen and oxygen atoms in total. The van der Waals surface area contributed by atoms with Crippen LogP contribution in [0.1, 0.15) is 37.8 Å². The van der Waals surface area contributed by atoms with E-state index < -0.39 is 10.0 Å². The molecule has 0 saturated carbocycles. The van der Waals surface area contributed by atoms with Crippen LogP contribution in [-0.2, 0) is 22.4 Å². The Kier molecular flexibility index (Phi) is 5.97. The van der Waals surface area contributed by atoms with Gasteiger partial charge in [0.05, 0.1) is 12.4 Å². The van der Waals surface area contributed by atoms with Gasteiger partial charge in [-0.3, -0.25) is 0 Å². The number of benzene rings is 1. The second-order valence-electron chi connectivity index (χ2n) is 4.72. The summed E-state index contributed by atoms with van der Waals surface area (Å²) in [6.07, 6.45) is 1.63. The zero-order chi connectivity index (χ0) is 14.5. The van der Waals surface area contributed by atoms with Crippen LogP contribution in [-0.4, -0.2) is 30.9 Å². The van der Waals surface area contributed by atoms with Crippen LogP contribution < -0.4 is 0 Å². The lowest BCUT2D eigenvalue weighted by atomic mass is 10.2. The Labute approximate surface area is 116 Å². The van der Waals surface area contributed by atoms with Crippen LogP contribution in [0.5, 0.6) is 0 Å². The van der Waals surface area contributed by atoms with Crippen LogP contribution >= 0.6 is 0 Å². The third-order valence-corrected chi connectivity index (χ3v) is 5.32. The third-order valence-electron chi connectivity index (χ3n) is 3.45. The SMILES string of the molecule is CCC(CC)N(C)S(=O)(=O)Cc1ccc(CO)cc1. The summed E-state index contributed by atoms with van der Waals surface area (Å²) >= 11 is 0. The minimum atomic E-state index is -3.29. The molecule has 0 aliphatic carbocycles. The number of hydrogen-bond acceptors (Lipinski definition) is 3. The van der Waals surface area contributed by atoms with E-state index in [0.29, 0.717) is 0 Å². The fraction of sp³-hybridized carbons (Fsp3) is 0.571. The Balaban J connectivity index is 2.83. The second-order valence-corrected chi connectivity index (χ2v) is 6.75. The van der Waals surface area contributed by atoms with Crippen LogP contribution in [0.2, 0.25) is 0 Å². The zero-order valence-electron chi connectivity index (χ0n) is 11.8. The van der Waals surface area contributed by atoms with Gasteiger partial charge in [0.25, 0.3) is 0 Å². The summed E-state index contributed by atoms with van der Waals surface area (Å²) in [6, 6.07) is 7.07. The summed E-state index contributed by atoms with van der Waals surface area (Å²) < 4.78 is 26.1. The zero-order valence-corrected chi connectivity index (χ0v) is 12.7. The molecule has 0 spiro atoms. The molecule has 108 valence electrons. The Morgan fingerprint density at radius 3 is 2.00 bits per heavy atom. The summed E-state index contributed by atoms with van der Waals surface area (Å²) in [5.74, 6) is 0.00566. The summed E-state index contributed by atoms with van der Waals surface area (Å²) in [7, 11) is -1.64. The number of hydrogen-bond donors (Lipinski definition) is 1. The highest BCUT2D eigenvalue weighted by Crippen LogP contribution is 2.16. The first-order valence-corrected chi connectivity index (χ1v) is 8.19. The van der Waals surface area contributed by atoms with E-state index in [4.69, 9.17) is 5.11 Å². The first-order valence-electron chi connectivity index (χ1n) is 6.59. The first kappa shape index (κ1) is 16.1. The molecule has 1 aromatic carbocycles. The first-order chi connectivity index (χ1) is 8.94. The summed E-state index contributed by atoms with van der Waals surface area (Å²) in [5.41, 5.74) is 1.53. The van der Waals surface area contributed by atoms with Crippen LogP contribution in [0.3, 0.4) is 0 Å². The molecule has 0 heterocycles. The van der Waals surface area contributed by atoms with Crippen molar-refractivity contribution >= 4 is 10.0 Å². The Bertz CT molecular complexity index is 478. The summed E-state index contributed by atoms with van der Waals surface area (Å²) in [4.78, 5) is 0. The van der Waals surface area contributed by atoms with Gasteiger partial charge < -0.3 is 5.11 Å². The van der Waals surface area contributed by atoms with Gasteiger partial charge in [0.15, 0.2) is 0 Å². The average molecular weight is 285 g/mol. The molecule has 0 fully saturated rings. The number of nitrogens with zero attached hydrogens (tertiary/aromatic N) is 1. The van der Waals surface area contributed by atoms with Crippen molar-refractivity contribution in [1.82, 2.24) is 4.31 Å². The van der Waals surface area contributed by atoms with Crippen LogP contribution in [0.25, 0.3) is 0 Å². The van der Waals surface area contributed by atoms with Crippen molar-refractivity contribution in [1.29, 1.82) is 0 Å². The highest BCUT2D eigenvalue weighted by atomic mass is 32.2. The van der Waals surface area contributed by atoms with Crippen molar-refractivity contribution in [3.8, 4) is 0 Å². The van der Waals surface area contributed by atoms with Crippen LogP contribution in [0.4, 0.5) is 0 Å². The van der Waals surface area contributed by atoms with E-state index in [1.165, 1.54) is 4.31 Å². The minimum Gasteiger partial charge on any atom is -0.392 e. The predicted molar refractivity (Wildman–Crippen MR) is 77.1 cm³/mol. The Morgan fingerprint density at radius 2 is 1.58 bits per heavy atom. The second kappa shape index (κ2) is 7.03. The Hall–Kier alpha value is -0.910. The van der Waals surface area contributed by atoms with Crippen molar-refractivity contribution in [2.24, 2.45) is 0 Å². The number of aliphatic hydroxyl groups excluding tert-OH is 1. The fourth-order valence-corrected chi connectivity index (χ4v) is 3.65. The third kappa shape index (κ3) is 4.30. The number of rotatable bonds is 7. The van der Waals surface area contributed by atoms with Crippen molar-refractivity contribution in [2.75, 3.05) is 7.05 Å². The van der Waals surface area contributed by atoms with Gasteiger partial charge in [-0.1, -0.05) is 38.1 Å². The molecule has 0 radical (unpaired) electrons. The molecule has 19 heavy (non-hydrogen) atoms. The van der Waals surface area contributed by atoms with Crippen molar-refractivity contribution in [3.05, 3.63) is 35.4 Å². The number of aliphatic hydroxyl groups is 1. The topological polar surface area (TPSA) is 57.6 Å². The summed E-state index contributed by atoms with van der Waals surface area (Å²) in [5, 5.41) is 8.96. The van der Waals surface area contributed by atoms with Gasteiger partial charge >= 0.3 is 0 Å². The maximum atomic E-state index is 12.3. The van der Waals surface area contributed by atoms with E-state index in [2.05, 4.69) is 0 Å². The molecular formula is C14H23NO3S. The normalized spacial score (nSPS) is 12.3. The van der Waals surface area contributed by atoms with E-state index >= 15 is 0 Å².